The minimum Gasteiger partial charge on any atom is -0.464 e. The van der Waals surface area contributed by atoms with E-state index >= 15 is 0 Å². The van der Waals surface area contributed by atoms with Crippen LogP contribution >= 0.6 is 0 Å². The van der Waals surface area contributed by atoms with Gasteiger partial charge in [0.05, 0.1) is 22.0 Å². The molecule has 1 aromatic carbocycles. The van der Waals surface area contributed by atoms with Crippen molar-refractivity contribution in [1.82, 2.24) is 19.2 Å². The van der Waals surface area contributed by atoms with Gasteiger partial charge in [-0.1, -0.05) is 13.8 Å². The summed E-state index contributed by atoms with van der Waals surface area (Å²) in [5.41, 5.74) is 1.43. The molecule has 0 fully saturated rings. The van der Waals surface area contributed by atoms with Gasteiger partial charge in [0.25, 0.3) is 0 Å². The van der Waals surface area contributed by atoms with E-state index in [2.05, 4.69) is 10.3 Å². The fraction of sp³-hybridized carbons (Fsp3) is 0.455. The van der Waals surface area contributed by atoms with Crippen LogP contribution in [0.15, 0.2) is 39.6 Å². The quantitative estimate of drug-likeness (QED) is 0.544. The number of carbonyl (C=O) groups is 1. The zero-order chi connectivity index (χ0) is 22.8. The summed E-state index contributed by atoms with van der Waals surface area (Å²) in [6.45, 7) is 8.20. The van der Waals surface area contributed by atoms with Crippen molar-refractivity contribution in [3.63, 3.8) is 0 Å². The Morgan fingerprint density at radius 2 is 1.94 bits per heavy atom. The Hall–Kier alpha value is -2.65. The molecule has 168 valence electrons. The summed E-state index contributed by atoms with van der Waals surface area (Å²) in [6.07, 6.45) is 0.713. The average molecular weight is 447 g/mol. The lowest BCUT2D eigenvalue weighted by molar-refractivity contribution is -0.121. The van der Waals surface area contributed by atoms with Gasteiger partial charge in [-0.3, -0.25) is 4.79 Å². The van der Waals surface area contributed by atoms with Crippen molar-refractivity contribution in [3.05, 3.63) is 47.7 Å². The van der Waals surface area contributed by atoms with Gasteiger partial charge in [0.15, 0.2) is 0 Å². The van der Waals surface area contributed by atoms with Crippen LogP contribution in [0, 0.1) is 6.92 Å². The van der Waals surface area contributed by atoms with E-state index in [1.165, 1.54) is 4.31 Å². The van der Waals surface area contributed by atoms with Crippen LogP contribution in [0.3, 0.4) is 0 Å². The van der Waals surface area contributed by atoms with Crippen LogP contribution in [-0.4, -0.2) is 41.3 Å². The number of nitrogens with one attached hydrogen (secondary N) is 1. The van der Waals surface area contributed by atoms with Crippen molar-refractivity contribution in [3.8, 4) is 0 Å². The number of fused-ring (bicyclic) bond motifs is 1. The second-order valence-corrected chi connectivity index (χ2v) is 9.50. The third kappa shape index (κ3) is 4.83. The molecule has 2 heterocycles. The predicted molar refractivity (Wildman–Crippen MR) is 119 cm³/mol. The van der Waals surface area contributed by atoms with Gasteiger partial charge in [-0.2, -0.15) is 4.31 Å². The van der Waals surface area contributed by atoms with Crippen molar-refractivity contribution < 1.29 is 17.6 Å². The maximum absolute atomic E-state index is 12.8. The lowest BCUT2D eigenvalue weighted by Crippen LogP contribution is -2.30. The minimum atomic E-state index is -3.55. The zero-order valence-electron chi connectivity index (χ0n) is 18.7. The van der Waals surface area contributed by atoms with Gasteiger partial charge < -0.3 is 14.3 Å². The van der Waals surface area contributed by atoms with Crippen LogP contribution in [0.2, 0.25) is 0 Å². The Balaban J connectivity index is 1.73. The minimum absolute atomic E-state index is 0.0987. The number of sulfonamides is 1. The molecule has 0 aliphatic rings. The molecule has 3 aromatic rings. The second-order valence-electron chi connectivity index (χ2n) is 7.56. The molecule has 0 bridgehead atoms. The van der Waals surface area contributed by atoms with Crippen LogP contribution in [0.1, 0.15) is 50.6 Å². The zero-order valence-corrected chi connectivity index (χ0v) is 19.5. The van der Waals surface area contributed by atoms with Crippen molar-refractivity contribution >= 4 is 27.0 Å². The van der Waals surface area contributed by atoms with E-state index in [1.54, 1.807) is 18.2 Å². The summed E-state index contributed by atoms with van der Waals surface area (Å²) < 4.78 is 34.5. The molecule has 0 saturated heterocycles. The Kier molecular flexibility index (Phi) is 6.86. The largest absolute Gasteiger partial charge is 0.464 e. The van der Waals surface area contributed by atoms with E-state index < -0.39 is 10.0 Å². The van der Waals surface area contributed by atoms with E-state index in [0.717, 1.165) is 22.9 Å². The van der Waals surface area contributed by atoms with Crippen molar-refractivity contribution in [2.75, 3.05) is 13.1 Å². The van der Waals surface area contributed by atoms with Crippen LogP contribution in [0.5, 0.6) is 0 Å². The molecule has 9 heteroatoms. The summed E-state index contributed by atoms with van der Waals surface area (Å²) >= 11 is 0. The van der Waals surface area contributed by atoms with Crippen molar-refractivity contribution in [2.45, 2.75) is 51.5 Å². The molecule has 0 saturated carbocycles. The Labute approximate surface area is 183 Å². The van der Waals surface area contributed by atoms with Crippen LogP contribution in [0.25, 0.3) is 11.0 Å². The highest BCUT2D eigenvalue weighted by Gasteiger charge is 2.23. The van der Waals surface area contributed by atoms with E-state index in [9.17, 15) is 13.2 Å². The van der Waals surface area contributed by atoms with Crippen molar-refractivity contribution in [2.24, 2.45) is 7.05 Å². The highest BCUT2D eigenvalue weighted by molar-refractivity contribution is 7.89. The molecular weight excluding hydrogens is 416 g/mol. The van der Waals surface area contributed by atoms with Crippen LogP contribution < -0.4 is 5.32 Å². The summed E-state index contributed by atoms with van der Waals surface area (Å²) in [7, 11) is -1.68. The molecule has 0 aliphatic carbocycles. The van der Waals surface area contributed by atoms with Gasteiger partial charge in [0.1, 0.15) is 17.3 Å². The van der Waals surface area contributed by atoms with Crippen LogP contribution in [-0.2, 0) is 28.3 Å². The Morgan fingerprint density at radius 1 is 1.23 bits per heavy atom. The number of imidazole rings is 1. The molecule has 3 rings (SSSR count). The number of nitrogens with zero attached hydrogens (tertiary/aromatic N) is 3. The van der Waals surface area contributed by atoms with Gasteiger partial charge >= 0.3 is 0 Å². The number of furan rings is 1. The van der Waals surface area contributed by atoms with Gasteiger partial charge in [-0.15, -0.1) is 0 Å². The highest BCUT2D eigenvalue weighted by atomic mass is 32.2. The summed E-state index contributed by atoms with van der Waals surface area (Å²) in [4.78, 5) is 17.2. The van der Waals surface area contributed by atoms with E-state index in [0.29, 0.717) is 25.0 Å². The highest BCUT2D eigenvalue weighted by Crippen LogP contribution is 2.23. The molecule has 8 nitrogen and oxygen atoms in total. The standard InChI is InChI=1S/C22H30N4O4S/c1-6-26(7-2)31(28,29)17-9-10-19-18(14-17)24-21(25(19)5)12-13-22(27)23-16(4)20-11-8-15(3)30-20/h8-11,14,16H,6-7,12-13H2,1-5H3,(H,23,27). The summed E-state index contributed by atoms with van der Waals surface area (Å²) in [5.74, 6) is 2.15. The van der Waals surface area contributed by atoms with Crippen LogP contribution in [0.4, 0.5) is 0 Å². The maximum Gasteiger partial charge on any atom is 0.243 e. The topological polar surface area (TPSA) is 97.4 Å². The Morgan fingerprint density at radius 3 is 2.55 bits per heavy atom. The lowest BCUT2D eigenvalue weighted by atomic mass is 10.2. The number of carbonyl (C=O) groups excluding carboxylic acids is 1. The molecular formula is C22H30N4O4S. The molecule has 1 unspecified atom stereocenters. The molecule has 2 aromatic heterocycles. The first-order chi connectivity index (χ1) is 14.7. The predicted octanol–water partition coefficient (Wildman–Crippen LogP) is 3.32. The van der Waals surface area contributed by atoms with Gasteiger partial charge in [-0.05, 0) is 44.2 Å². The monoisotopic (exact) mass is 446 g/mol. The SMILES string of the molecule is CCN(CC)S(=O)(=O)c1ccc2c(c1)nc(CCC(=O)NC(C)c1ccc(C)o1)n2C. The Bertz CT molecular complexity index is 1180. The fourth-order valence-corrected chi connectivity index (χ4v) is 5.10. The molecule has 1 amide bonds. The smallest absolute Gasteiger partial charge is 0.243 e. The molecule has 0 aliphatic heterocycles. The van der Waals surface area contributed by atoms with E-state index in [1.807, 2.05) is 51.4 Å². The van der Waals surface area contributed by atoms with Gasteiger partial charge in [0, 0.05) is 33.0 Å². The maximum atomic E-state index is 12.8. The number of hydrogen-bond donors (Lipinski definition) is 1. The molecule has 1 N–H and O–H groups in total. The molecule has 0 spiro atoms. The number of aryl methyl sites for hydroxylation is 3. The van der Waals surface area contributed by atoms with Gasteiger partial charge in [-0.25, -0.2) is 13.4 Å². The lowest BCUT2D eigenvalue weighted by Gasteiger charge is -2.18. The average Bonchev–Trinajstić information content (AvgIpc) is 3.30. The third-order valence-corrected chi connectivity index (χ3v) is 7.48. The number of hydrogen-bond acceptors (Lipinski definition) is 5. The van der Waals surface area contributed by atoms with Gasteiger partial charge in [0.2, 0.25) is 15.9 Å². The normalized spacial score (nSPS) is 13.1. The summed E-state index contributed by atoms with van der Waals surface area (Å²) in [6, 6.07) is 8.50. The number of aromatic nitrogens is 2. The third-order valence-electron chi connectivity index (χ3n) is 5.43. The summed E-state index contributed by atoms with van der Waals surface area (Å²) in [5, 5.41) is 2.93. The fourth-order valence-electron chi connectivity index (χ4n) is 3.62. The van der Waals surface area contributed by atoms with E-state index in [-0.39, 0.29) is 23.3 Å². The molecule has 1 atom stereocenters. The first kappa shape index (κ1) is 23.0. The molecule has 0 radical (unpaired) electrons. The number of amides is 1. The number of rotatable bonds is 9. The van der Waals surface area contributed by atoms with Crippen molar-refractivity contribution in [1.29, 1.82) is 0 Å². The molecule has 31 heavy (non-hydrogen) atoms. The second kappa shape index (κ2) is 9.23. The first-order valence-electron chi connectivity index (χ1n) is 10.5. The number of benzene rings is 1. The first-order valence-corrected chi connectivity index (χ1v) is 11.9. The van der Waals surface area contributed by atoms with E-state index in [4.69, 9.17) is 4.42 Å².